The van der Waals surface area contributed by atoms with Crippen LogP contribution in [-0.4, -0.2) is 25.9 Å². The average Bonchev–Trinajstić information content (AvgIpc) is 2.82. The van der Waals surface area contributed by atoms with Crippen LogP contribution in [0.3, 0.4) is 0 Å². The third kappa shape index (κ3) is 2.59. The summed E-state index contributed by atoms with van der Waals surface area (Å²) in [5.74, 6) is -1.12. The van der Waals surface area contributed by atoms with Gasteiger partial charge in [0.2, 0.25) is 0 Å². The van der Waals surface area contributed by atoms with Crippen LogP contribution in [0.5, 0.6) is 11.5 Å². The molecule has 1 heterocycles. The zero-order valence-electron chi connectivity index (χ0n) is 11.6. The second kappa shape index (κ2) is 5.24. The molecule has 0 unspecified atom stereocenters. The maximum absolute atomic E-state index is 12.1. The molecule has 3 N–H and O–H groups in total. The minimum atomic E-state index is -0.450. The van der Waals surface area contributed by atoms with Gasteiger partial charge >= 0.3 is 0 Å². The van der Waals surface area contributed by atoms with Crippen molar-refractivity contribution in [2.24, 2.45) is 7.05 Å². The molecule has 0 aliphatic carbocycles. The summed E-state index contributed by atoms with van der Waals surface area (Å²) in [6.45, 7) is 3.47. The van der Waals surface area contributed by atoms with Gasteiger partial charge in [-0.2, -0.15) is 5.10 Å². The molecule has 0 spiro atoms. The Morgan fingerprint density at radius 1 is 1.35 bits per heavy atom. The summed E-state index contributed by atoms with van der Waals surface area (Å²) in [6, 6.07) is 2.81. The molecule has 0 radical (unpaired) electrons. The van der Waals surface area contributed by atoms with E-state index in [2.05, 4.69) is 10.4 Å². The number of aryl methyl sites for hydroxylation is 2. The predicted octanol–water partition coefficient (Wildman–Crippen LogP) is 1.63. The molecule has 2 aromatic rings. The number of phenols is 2. The van der Waals surface area contributed by atoms with E-state index in [4.69, 9.17) is 0 Å². The lowest BCUT2D eigenvalue weighted by atomic mass is 10.1. The summed E-state index contributed by atoms with van der Waals surface area (Å²) < 4.78 is 1.65. The van der Waals surface area contributed by atoms with Crippen molar-refractivity contribution in [3.8, 4) is 11.5 Å². The van der Waals surface area contributed by atoms with Crippen molar-refractivity contribution in [1.29, 1.82) is 0 Å². The van der Waals surface area contributed by atoms with E-state index in [0.717, 1.165) is 5.56 Å². The van der Waals surface area contributed by atoms with E-state index in [9.17, 15) is 15.0 Å². The number of phenolic OH excluding ortho intramolecular Hbond substituents is 2. The predicted molar refractivity (Wildman–Crippen MR) is 73.6 cm³/mol. The van der Waals surface area contributed by atoms with Crippen LogP contribution in [0, 0.1) is 6.92 Å². The highest BCUT2D eigenvalue weighted by atomic mass is 16.3. The van der Waals surface area contributed by atoms with Gasteiger partial charge in [-0.3, -0.25) is 9.48 Å². The minimum absolute atomic E-state index is 0.0452. The van der Waals surface area contributed by atoms with Crippen molar-refractivity contribution in [2.75, 3.05) is 0 Å². The van der Waals surface area contributed by atoms with E-state index in [1.54, 1.807) is 37.1 Å². The second-order valence-electron chi connectivity index (χ2n) is 4.77. The van der Waals surface area contributed by atoms with Crippen molar-refractivity contribution in [1.82, 2.24) is 15.1 Å². The number of aromatic nitrogens is 2. The number of hydrogen-bond donors (Lipinski definition) is 3. The molecule has 106 valence electrons. The van der Waals surface area contributed by atoms with E-state index >= 15 is 0 Å². The Bertz CT molecular complexity index is 649. The van der Waals surface area contributed by atoms with Gasteiger partial charge in [0.15, 0.2) is 11.5 Å². The van der Waals surface area contributed by atoms with Gasteiger partial charge in [-0.05, 0) is 25.5 Å². The number of hydrogen-bond acceptors (Lipinski definition) is 4. The van der Waals surface area contributed by atoms with Gasteiger partial charge in [0.05, 0.1) is 17.8 Å². The van der Waals surface area contributed by atoms with Crippen LogP contribution < -0.4 is 5.32 Å². The lowest BCUT2D eigenvalue weighted by Crippen LogP contribution is -2.26. The molecule has 1 aromatic heterocycles. The Morgan fingerprint density at radius 3 is 2.65 bits per heavy atom. The number of nitrogens with zero attached hydrogens (tertiary/aromatic N) is 2. The smallest absolute Gasteiger partial charge is 0.255 e. The molecule has 0 fully saturated rings. The van der Waals surface area contributed by atoms with Crippen LogP contribution in [0.2, 0.25) is 0 Å². The van der Waals surface area contributed by atoms with Crippen LogP contribution in [0.4, 0.5) is 0 Å². The number of rotatable bonds is 3. The number of carbonyl (C=O) groups is 1. The van der Waals surface area contributed by atoms with Gasteiger partial charge in [0.25, 0.3) is 5.91 Å². The molecule has 2 rings (SSSR count). The Hall–Kier alpha value is -2.50. The van der Waals surface area contributed by atoms with Gasteiger partial charge in [-0.25, -0.2) is 0 Å². The molecule has 0 aliphatic heterocycles. The molecule has 0 saturated carbocycles. The van der Waals surface area contributed by atoms with Crippen LogP contribution in [0.15, 0.2) is 24.5 Å². The molecule has 1 atom stereocenters. The fraction of sp³-hybridized carbons (Fsp3) is 0.286. The van der Waals surface area contributed by atoms with Gasteiger partial charge in [0.1, 0.15) is 0 Å². The van der Waals surface area contributed by atoms with Crippen LogP contribution >= 0.6 is 0 Å². The Kier molecular flexibility index (Phi) is 3.65. The molecule has 0 saturated heterocycles. The first-order valence-corrected chi connectivity index (χ1v) is 6.21. The number of carbonyl (C=O) groups excluding carboxylic acids is 1. The van der Waals surface area contributed by atoms with E-state index < -0.39 is 11.7 Å². The molecular weight excluding hydrogens is 258 g/mol. The monoisotopic (exact) mass is 275 g/mol. The highest BCUT2D eigenvalue weighted by Gasteiger charge is 2.18. The lowest BCUT2D eigenvalue weighted by Gasteiger charge is -2.13. The summed E-state index contributed by atoms with van der Waals surface area (Å²) in [4.78, 5) is 12.1. The largest absolute Gasteiger partial charge is 0.504 e. The lowest BCUT2D eigenvalue weighted by molar-refractivity contribution is 0.0936. The topological polar surface area (TPSA) is 87.4 Å². The van der Waals surface area contributed by atoms with Gasteiger partial charge in [-0.15, -0.1) is 0 Å². The van der Waals surface area contributed by atoms with E-state index in [0.29, 0.717) is 5.56 Å². The van der Waals surface area contributed by atoms with Crippen LogP contribution in [0.1, 0.15) is 34.5 Å². The summed E-state index contributed by atoms with van der Waals surface area (Å²) >= 11 is 0. The molecule has 1 amide bonds. The standard InChI is InChI=1S/C14H17N3O3/c1-8-4-5-11(13(19)12(8)18)14(20)16-9(2)10-6-15-17(3)7-10/h4-7,9,18-19H,1-3H3,(H,16,20)/t9-/m1/s1. The fourth-order valence-electron chi connectivity index (χ4n) is 1.89. The van der Waals surface area contributed by atoms with Crippen molar-refractivity contribution in [3.63, 3.8) is 0 Å². The molecule has 20 heavy (non-hydrogen) atoms. The maximum Gasteiger partial charge on any atom is 0.255 e. The first-order valence-electron chi connectivity index (χ1n) is 6.21. The summed E-state index contributed by atoms with van der Waals surface area (Å²) in [5.41, 5.74) is 1.42. The zero-order valence-corrected chi connectivity index (χ0v) is 11.6. The second-order valence-corrected chi connectivity index (χ2v) is 4.77. The molecule has 6 nitrogen and oxygen atoms in total. The molecule has 0 bridgehead atoms. The first kappa shape index (κ1) is 13.9. The fourth-order valence-corrected chi connectivity index (χ4v) is 1.89. The zero-order chi connectivity index (χ0) is 14.9. The molecule has 0 aliphatic rings. The van der Waals surface area contributed by atoms with Gasteiger partial charge in [0, 0.05) is 18.8 Å². The highest BCUT2D eigenvalue weighted by molar-refractivity contribution is 5.98. The summed E-state index contributed by atoms with van der Waals surface area (Å²) in [5, 5.41) is 26.2. The van der Waals surface area contributed by atoms with Gasteiger partial charge < -0.3 is 15.5 Å². The van der Waals surface area contributed by atoms with Gasteiger partial charge in [-0.1, -0.05) is 6.07 Å². The molecule has 1 aromatic carbocycles. The molecule has 6 heteroatoms. The van der Waals surface area contributed by atoms with E-state index in [-0.39, 0.29) is 17.4 Å². The van der Waals surface area contributed by atoms with Crippen LogP contribution in [-0.2, 0) is 7.05 Å². The molecular formula is C14H17N3O3. The van der Waals surface area contributed by atoms with Crippen molar-refractivity contribution < 1.29 is 15.0 Å². The van der Waals surface area contributed by atoms with E-state index in [1.807, 2.05) is 6.92 Å². The SMILES string of the molecule is Cc1ccc(C(=O)N[C@H](C)c2cnn(C)c2)c(O)c1O. The van der Waals surface area contributed by atoms with Crippen molar-refractivity contribution >= 4 is 5.91 Å². The third-order valence-corrected chi connectivity index (χ3v) is 3.17. The van der Waals surface area contributed by atoms with Crippen molar-refractivity contribution in [2.45, 2.75) is 19.9 Å². The maximum atomic E-state index is 12.1. The Labute approximate surface area is 116 Å². The number of aromatic hydroxyl groups is 2. The normalized spacial score (nSPS) is 12.2. The minimum Gasteiger partial charge on any atom is -0.504 e. The number of benzene rings is 1. The Balaban J connectivity index is 2.18. The average molecular weight is 275 g/mol. The van der Waals surface area contributed by atoms with Crippen molar-refractivity contribution in [3.05, 3.63) is 41.2 Å². The third-order valence-electron chi connectivity index (χ3n) is 3.17. The first-order chi connectivity index (χ1) is 9.40. The summed E-state index contributed by atoms with van der Waals surface area (Å²) in [7, 11) is 1.79. The van der Waals surface area contributed by atoms with E-state index in [1.165, 1.54) is 6.07 Å². The summed E-state index contributed by atoms with van der Waals surface area (Å²) in [6.07, 6.45) is 3.47. The number of nitrogens with one attached hydrogen (secondary N) is 1. The highest BCUT2D eigenvalue weighted by Crippen LogP contribution is 2.32. The van der Waals surface area contributed by atoms with Crippen LogP contribution in [0.25, 0.3) is 0 Å². The quantitative estimate of drug-likeness (QED) is 0.743. The number of amides is 1. The Morgan fingerprint density at radius 2 is 2.05 bits per heavy atom.